The zero-order chi connectivity index (χ0) is 7.56. The molecule has 0 saturated carbocycles. The van der Waals surface area contributed by atoms with E-state index < -0.39 is 12.0 Å². The van der Waals surface area contributed by atoms with E-state index in [9.17, 15) is 9.59 Å². The van der Waals surface area contributed by atoms with E-state index in [1.165, 1.54) is 0 Å². The Bertz CT molecular complexity index is 166. The molecule has 5 heteroatoms. The molecule has 1 saturated heterocycles. The van der Waals surface area contributed by atoms with Crippen molar-refractivity contribution in [2.75, 3.05) is 13.1 Å². The van der Waals surface area contributed by atoms with E-state index in [4.69, 9.17) is 5.11 Å². The Kier molecular flexibility index (Phi) is 1.86. The van der Waals surface area contributed by atoms with Crippen molar-refractivity contribution in [2.24, 2.45) is 0 Å². The predicted octanol–water partition coefficient (Wildman–Crippen LogP) is -1.84. The number of aliphatic carboxylic acids is 1. The molecular formula is C5H8N2O3. The highest BCUT2D eigenvalue weighted by atomic mass is 16.4. The molecule has 1 rings (SSSR count). The zero-order valence-corrected chi connectivity index (χ0v) is 5.26. The van der Waals surface area contributed by atoms with Crippen LogP contribution in [0.2, 0.25) is 0 Å². The third-order valence-corrected chi connectivity index (χ3v) is 1.27. The molecule has 1 amide bonds. The highest BCUT2D eigenvalue weighted by Crippen LogP contribution is 1.86. The Morgan fingerprint density at radius 1 is 1.70 bits per heavy atom. The maximum Gasteiger partial charge on any atom is 0.327 e. The van der Waals surface area contributed by atoms with E-state index in [0.717, 1.165) is 0 Å². The summed E-state index contributed by atoms with van der Waals surface area (Å²) in [5, 5.41) is 13.4. The maximum absolute atomic E-state index is 10.5. The fourth-order valence-electron chi connectivity index (χ4n) is 0.775. The maximum atomic E-state index is 10.5. The van der Waals surface area contributed by atoms with Crippen molar-refractivity contribution >= 4 is 11.9 Å². The van der Waals surface area contributed by atoms with Crippen molar-refractivity contribution in [3.05, 3.63) is 0 Å². The Labute approximate surface area is 57.4 Å². The van der Waals surface area contributed by atoms with Crippen molar-refractivity contribution in [1.82, 2.24) is 10.6 Å². The first-order chi connectivity index (χ1) is 4.70. The Hall–Kier alpha value is -1.10. The second-order valence-electron chi connectivity index (χ2n) is 2.09. The van der Waals surface area contributed by atoms with Gasteiger partial charge in [-0.3, -0.25) is 4.79 Å². The lowest BCUT2D eigenvalue weighted by atomic mass is 10.2. The van der Waals surface area contributed by atoms with Crippen LogP contribution in [0.25, 0.3) is 0 Å². The number of nitrogens with one attached hydrogen (secondary N) is 2. The topological polar surface area (TPSA) is 78.4 Å². The minimum Gasteiger partial charge on any atom is -0.480 e. The smallest absolute Gasteiger partial charge is 0.327 e. The van der Waals surface area contributed by atoms with Crippen LogP contribution in [-0.2, 0) is 9.59 Å². The number of rotatable bonds is 1. The fourth-order valence-corrected chi connectivity index (χ4v) is 0.775. The predicted molar refractivity (Wildman–Crippen MR) is 32.4 cm³/mol. The molecule has 0 aromatic carbocycles. The summed E-state index contributed by atoms with van der Waals surface area (Å²) in [7, 11) is 0. The third-order valence-electron chi connectivity index (χ3n) is 1.27. The van der Waals surface area contributed by atoms with Gasteiger partial charge in [-0.05, 0) is 0 Å². The van der Waals surface area contributed by atoms with E-state index in [2.05, 4.69) is 10.6 Å². The molecule has 0 aromatic heterocycles. The van der Waals surface area contributed by atoms with E-state index in [-0.39, 0.29) is 12.5 Å². The Morgan fingerprint density at radius 2 is 2.40 bits per heavy atom. The summed E-state index contributed by atoms with van der Waals surface area (Å²) in [6.45, 7) is 0.519. The van der Waals surface area contributed by atoms with Crippen molar-refractivity contribution < 1.29 is 14.7 Å². The highest BCUT2D eigenvalue weighted by Gasteiger charge is 2.22. The van der Waals surface area contributed by atoms with Crippen LogP contribution in [-0.4, -0.2) is 36.1 Å². The fraction of sp³-hybridized carbons (Fsp3) is 0.600. The molecule has 0 radical (unpaired) electrons. The summed E-state index contributed by atoms with van der Waals surface area (Å²) < 4.78 is 0. The first-order valence-electron chi connectivity index (χ1n) is 2.93. The molecule has 1 unspecified atom stereocenters. The van der Waals surface area contributed by atoms with E-state index in [1.54, 1.807) is 0 Å². The number of carboxylic acids is 1. The first kappa shape index (κ1) is 7.01. The number of carbonyl (C=O) groups excluding carboxylic acids is 1. The van der Waals surface area contributed by atoms with Gasteiger partial charge in [0.25, 0.3) is 0 Å². The third kappa shape index (κ3) is 1.44. The zero-order valence-electron chi connectivity index (χ0n) is 5.26. The minimum atomic E-state index is -0.999. The van der Waals surface area contributed by atoms with Crippen molar-refractivity contribution in [2.45, 2.75) is 6.04 Å². The first-order valence-corrected chi connectivity index (χ1v) is 2.93. The minimum absolute atomic E-state index is 0.212. The monoisotopic (exact) mass is 144 g/mol. The lowest BCUT2D eigenvalue weighted by Crippen LogP contribution is -2.55. The second kappa shape index (κ2) is 2.66. The van der Waals surface area contributed by atoms with E-state index in [1.807, 2.05) is 0 Å². The Balaban J connectivity index is 2.47. The quantitative estimate of drug-likeness (QED) is 0.404. The van der Waals surface area contributed by atoms with Crippen molar-refractivity contribution in [3.63, 3.8) is 0 Å². The van der Waals surface area contributed by atoms with Crippen LogP contribution in [0, 0.1) is 0 Å². The van der Waals surface area contributed by atoms with Gasteiger partial charge in [0.2, 0.25) is 5.91 Å². The van der Waals surface area contributed by atoms with E-state index in [0.29, 0.717) is 6.54 Å². The molecule has 1 fully saturated rings. The van der Waals surface area contributed by atoms with Gasteiger partial charge in [-0.1, -0.05) is 0 Å². The second-order valence-corrected chi connectivity index (χ2v) is 2.09. The number of carbonyl (C=O) groups is 2. The molecule has 1 aliphatic rings. The SMILES string of the molecule is O=C1CNCC(C(=O)O)N1. The Morgan fingerprint density at radius 3 is 2.80 bits per heavy atom. The van der Waals surface area contributed by atoms with Crippen LogP contribution in [0.3, 0.4) is 0 Å². The summed E-state index contributed by atoms with van der Waals surface area (Å²) in [5.74, 6) is -1.26. The van der Waals surface area contributed by atoms with Crippen LogP contribution in [0.4, 0.5) is 0 Å². The average molecular weight is 144 g/mol. The van der Waals surface area contributed by atoms with Crippen LogP contribution in [0.15, 0.2) is 0 Å². The summed E-state index contributed by atoms with van der Waals surface area (Å²) >= 11 is 0. The van der Waals surface area contributed by atoms with Gasteiger partial charge in [0.15, 0.2) is 0 Å². The molecule has 0 aliphatic carbocycles. The average Bonchev–Trinajstić information content (AvgIpc) is 1.88. The number of hydrogen-bond donors (Lipinski definition) is 3. The van der Waals surface area contributed by atoms with Gasteiger partial charge in [-0.15, -0.1) is 0 Å². The number of piperazine rings is 1. The van der Waals surface area contributed by atoms with Crippen molar-refractivity contribution in [1.29, 1.82) is 0 Å². The number of carboxylic acid groups (broad SMARTS) is 1. The van der Waals surface area contributed by atoms with Crippen molar-refractivity contribution in [3.8, 4) is 0 Å². The molecule has 1 atom stereocenters. The van der Waals surface area contributed by atoms with E-state index >= 15 is 0 Å². The van der Waals surface area contributed by atoms with Gasteiger partial charge < -0.3 is 15.7 Å². The summed E-state index contributed by atoms with van der Waals surface area (Å²) in [4.78, 5) is 20.8. The largest absolute Gasteiger partial charge is 0.480 e. The van der Waals surface area contributed by atoms with Gasteiger partial charge in [0.05, 0.1) is 6.54 Å². The summed E-state index contributed by atoms with van der Waals surface area (Å²) in [6, 6.07) is -0.763. The molecule has 1 aliphatic heterocycles. The van der Waals surface area contributed by atoms with Gasteiger partial charge >= 0.3 is 5.97 Å². The normalized spacial score (nSPS) is 25.6. The van der Waals surface area contributed by atoms with Crippen LogP contribution < -0.4 is 10.6 Å². The summed E-state index contributed by atoms with van der Waals surface area (Å²) in [6.07, 6.45) is 0. The summed E-state index contributed by atoms with van der Waals surface area (Å²) in [5.41, 5.74) is 0. The van der Waals surface area contributed by atoms with Gasteiger partial charge in [-0.2, -0.15) is 0 Å². The molecule has 56 valence electrons. The van der Waals surface area contributed by atoms with Gasteiger partial charge in [0, 0.05) is 6.54 Å². The number of amides is 1. The number of hydrogen-bond acceptors (Lipinski definition) is 3. The lowest BCUT2D eigenvalue weighted by Gasteiger charge is -2.19. The molecular weight excluding hydrogens is 136 g/mol. The molecule has 0 aromatic rings. The standard InChI is InChI=1S/C5H8N2O3/c8-4-2-6-1-3(7-4)5(9)10/h3,6H,1-2H2,(H,7,8)(H,9,10). The molecule has 0 spiro atoms. The van der Waals surface area contributed by atoms with Gasteiger partial charge in [-0.25, -0.2) is 4.79 Å². The highest BCUT2D eigenvalue weighted by molar-refractivity contribution is 5.86. The van der Waals surface area contributed by atoms with Crippen LogP contribution in [0.1, 0.15) is 0 Å². The molecule has 3 N–H and O–H groups in total. The lowest BCUT2D eigenvalue weighted by molar-refractivity contribution is -0.142. The van der Waals surface area contributed by atoms with Crippen LogP contribution in [0.5, 0.6) is 0 Å². The molecule has 10 heavy (non-hydrogen) atoms. The van der Waals surface area contributed by atoms with Crippen LogP contribution >= 0.6 is 0 Å². The molecule has 5 nitrogen and oxygen atoms in total. The molecule has 0 bridgehead atoms. The van der Waals surface area contributed by atoms with Gasteiger partial charge in [0.1, 0.15) is 6.04 Å². The molecule has 1 heterocycles.